The molecule has 1 N–H and O–H groups in total. The van der Waals surface area contributed by atoms with E-state index in [1.54, 1.807) is 0 Å². The Morgan fingerprint density at radius 2 is 1.67 bits per heavy atom. The molecule has 1 aromatic heterocycles. The standard InChI is InChI=1S/C20H24ClN3/c1-12(20-9-13-6-14(10-20)8-15(7-13)11-20)22-18-16-4-2-3-5-17(16)23-19(21)24-18/h2-5,12-15H,6-11H2,1H3,(H,22,23,24)/t12-,13?,14?,15?,20?/m1/s1. The molecule has 126 valence electrons. The van der Waals surface area contributed by atoms with Gasteiger partial charge in [-0.15, -0.1) is 0 Å². The molecule has 3 nitrogen and oxygen atoms in total. The van der Waals surface area contributed by atoms with Crippen LogP contribution in [0.3, 0.4) is 0 Å². The van der Waals surface area contributed by atoms with E-state index < -0.39 is 0 Å². The lowest BCUT2D eigenvalue weighted by Crippen LogP contribution is -2.53. The van der Waals surface area contributed by atoms with E-state index in [-0.39, 0.29) is 0 Å². The van der Waals surface area contributed by atoms with Gasteiger partial charge in [0.2, 0.25) is 5.28 Å². The van der Waals surface area contributed by atoms with E-state index in [2.05, 4.69) is 28.3 Å². The highest BCUT2D eigenvalue weighted by Crippen LogP contribution is 2.61. The van der Waals surface area contributed by atoms with Gasteiger partial charge in [-0.2, -0.15) is 0 Å². The van der Waals surface area contributed by atoms with Crippen molar-refractivity contribution >= 4 is 28.3 Å². The maximum absolute atomic E-state index is 6.16. The van der Waals surface area contributed by atoms with Crippen molar-refractivity contribution in [3.05, 3.63) is 29.5 Å². The summed E-state index contributed by atoms with van der Waals surface area (Å²) in [6, 6.07) is 8.56. The Kier molecular flexibility index (Phi) is 3.31. The van der Waals surface area contributed by atoms with Gasteiger partial charge in [-0.1, -0.05) is 12.1 Å². The molecule has 0 saturated heterocycles. The first kappa shape index (κ1) is 14.9. The zero-order valence-corrected chi connectivity index (χ0v) is 14.9. The van der Waals surface area contributed by atoms with Crippen LogP contribution in [0.25, 0.3) is 10.9 Å². The summed E-state index contributed by atoms with van der Waals surface area (Å²) in [5.74, 6) is 3.79. The van der Waals surface area contributed by atoms with Gasteiger partial charge in [-0.3, -0.25) is 0 Å². The van der Waals surface area contributed by atoms with Gasteiger partial charge in [0.05, 0.1) is 5.52 Å². The molecule has 0 unspecified atom stereocenters. The molecule has 0 amide bonds. The molecule has 4 fully saturated rings. The molecule has 0 aliphatic heterocycles. The number of anilines is 1. The van der Waals surface area contributed by atoms with Crippen LogP contribution in [-0.2, 0) is 0 Å². The average Bonchev–Trinajstić information content (AvgIpc) is 2.53. The fourth-order valence-corrected chi connectivity index (χ4v) is 6.40. The van der Waals surface area contributed by atoms with E-state index in [0.29, 0.717) is 16.7 Å². The second-order valence-electron chi connectivity index (χ2n) is 8.50. The molecule has 2 aromatic rings. The SMILES string of the molecule is C[C@@H](Nc1nc(Cl)nc2ccccc12)C12CC3CC(CC(C3)C1)C2. The van der Waals surface area contributed by atoms with Gasteiger partial charge < -0.3 is 5.32 Å². The van der Waals surface area contributed by atoms with E-state index >= 15 is 0 Å². The van der Waals surface area contributed by atoms with Crippen molar-refractivity contribution in [3.63, 3.8) is 0 Å². The number of aromatic nitrogens is 2. The van der Waals surface area contributed by atoms with Gasteiger partial charge in [0.15, 0.2) is 0 Å². The highest BCUT2D eigenvalue weighted by atomic mass is 35.5. The molecule has 4 aliphatic carbocycles. The maximum atomic E-state index is 6.16. The quantitative estimate of drug-likeness (QED) is 0.770. The molecule has 4 saturated carbocycles. The number of para-hydroxylation sites is 1. The van der Waals surface area contributed by atoms with Crippen molar-refractivity contribution in [2.75, 3.05) is 5.32 Å². The van der Waals surface area contributed by atoms with Crippen LogP contribution in [0.4, 0.5) is 5.82 Å². The first-order valence-corrected chi connectivity index (χ1v) is 9.68. The van der Waals surface area contributed by atoms with Gasteiger partial charge in [0, 0.05) is 11.4 Å². The number of nitrogens with zero attached hydrogens (tertiary/aromatic N) is 2. The third-order valence-corrected chi connectivity index (χ3v) is 7.10. The van der Waals surface area contributed by atoms with Gasteiger partial charge in [0.1, 0.15) is 5.82 Å². The predicted molar refractivity (Wildman–Crippen MR) is 98.2 cm³/mol. The van der Waals surface area contributed by atoms with Crippen molar-refractivity contribution in [1.29, 1.82) is 0 Å². The zero-order chi connectivity index (χ0) is 16.3. The van der Waals surface area contributed by atoms with E-state index in [0.717, 1.165) is 34.5 Å². The van der Waals surface area contributed by atoms with Crippen molar-refractivity contribution in [1.82, 2.24) is 9.97 Å². The zero-order valence-electron chi connectivity index (χ0n) is 14.1. The molecule has 1 atom stereocenters. The van der Waals surface area contributed by atoms with E-state index in [4.69, 9.17) is 11.6 Å². The molecule has 24 heavy (non-hydrogen) atoms. The number of halogens is 1. The highest BCUT2D eigenvalue weighted by Gasteiger charge is 2.53. The Labute approximate surface area is 148 Å². The highest BCUT2D eigenvalue weighted by molar-refractivity contribution is 6.28. The lowest BCUT2D eigenvalue weighted by atomic mass is 9.48. The topological polar surface area (TPSA) is 37.8 Å². The summed E-state index contributed by atoms with van der Waals surface area (Å²) in [4.78, 5) is 8.86. The summed E-state index contributed by atoms with van der Waals surface area (Å²) in [5, 5.41) is 5.14. The number of benzene rings is 1. The van der Waals surface area contributed by atoms with Crippen molar-refractivity contribution in [2.24, 2.45) is 23.2 Å². The van der Waals surface area contributed by atoms with Crippen LogP contribution in [0.15, 0.2) is 24.3 Å². The minimum Gasteiger partial charge on any atom is -0.366 e. The smallest absolute Gasteiger partial charge is 0.224 e. The third kappa shape index (κ3) is 2.32. The third-order valence-electron chi connectivity index (χ3n) is 6.93. The van der Waals surface area contributed by atoms with Crippen molar-refractivity contribution in [2.45, 2.75) is 51.5 Å². The summed E-state index contributed by atoms with van der Waals surface area (Å²) in [6.07, 6.45) is 8.62. The summed E-state index contributed by atoms with van der Waals surface area (Å²) in [6.45, 7) is 2.36. The summed E-state index contributed by atoms with van der Waals surface area (Å²) < 4.78 is 0. The number of fused-ring (bicyclic) bond motifs is 1. The van der Waals surface area contributed by atoms with E-state index in [1.165, 1.54) is 38.5 Å². The van der Waals surface area contributed by atoms with Gasteiger partial charge in [-0.25, -0.2) is 9.97 Å². The molecule has 4 bridgehead atoms. The minimum atomic E-state index is 0.328. The van der Waals surface area contributed by atoms with Crippen LogP contribution < -0.4 is 5.32 Å². The lowest BCUT2D eigenvalue weighted by Gasteiger charge is -2.59. The fourth-order valence-electron chi connectivity index (χ4n) is 6.22. The van der Waals surface area contributed by atoms with Crippen molar-refractivity contribution in [3.8, 4) is 0 Å². The Bertz CT molecular complexity index is 752. The number of hydrogen-bond donors (Lipinski definition) is 1. The first-order valence-electron chi connectivity index (χ1n) is 9.30. The maximum Gasteiger partial charge on any atom is 0.224 e. The van der Waals surface area contributed by atoms with Crippen molar-refractivity contribution < 1.29 is 0 Å². The van der Waals surface area contributed by atoms with Crippen LogP contribution in [-0.4, -0.2) is 16.0 Å². The predicted octanol–water partition coefficient (Wildman–Crippen LogP) is 5.30. The summed E-state index contributed by atoms with van der Waals surface area (Å²) in [5.41, 5.74) is 1.37. The molecule has 1 aromatic carbocycles. The molecule has 0 radical (unpaired) electrons. The van der Waals surface area contributed by atoms with Crippen LogP contribution in [0.5, 0.6) is 0 Å². The molecule has 1 heterocycles. The monoisotopic (exact) mass is 341 g/mol. The number of nitrogens with one attached hydrogen (secondary N) is 1. The first-order chi connectivity index (χ1) is 11.6. The second-order valence-corrected chi connectivity index (χ2v) is 8.84. The van der Waals surface area contributed by atoms with Crippen LogP contribution in [0, 0.1) is 23.2 Å². The molecule has 0 spiro atoms. The summed E-state index contributed by atoms with van der Waals surface area (Å²) in [7, 11) is 0. The van der Waals surface area contributed by atoms with E-state index in [1.807, 2.05) is 18.2 Å². The molecular formula is C20H24ClN3. The normalized spacial score (nSPS) is 35.3. The number of rotatable bonds is 3. The lowest BCUT2D eigenvalue weighted by molar-refractivity contribution is -0.0602. The Hall–Kier alpha value is -1.35. The molecular weight excluding hydrogens is 318 g/mol. The van der Waals surface area contributed by atoms with Crippen LogP contribution in [0.2, 0.25) is 5.28 Å². The minimum absolute atomic E-state index is 0.328. The molecule has 6 rings (SSSR count). The average molecular weight is 342 g/mol. The van der Waals surface area contributed by atoms with Crippen LogP contribution in [0.1, 0.15) is 45.4 Å². The van der Waals surface area contributed by atoms with Crippen LogP contribution >= 0.6 is 11.6 Å². The largest absolute Gasteiger partial charge is 0.366 e. The molecule has 4 heteroatoms. The Morgan fingerprint density at radius 1 is 1.04 bits per heavy atom. The summed E-state index contributed by atoms with van der Waals surface area (Å²) >= 11 is 6.16. The number of hydrogen-bond acceptors (Lipinski definition) is 3. The van der Waals surface area contributed by atoms with Gasteiger partial charge >= 0.3 is 0 Å². The Balaban J connectivity index is 1.48. The fraction of sp³-hybridized carbons (Fsp3) is 0.600. The van der Waals surface area contributed by atoms with Gasteiger partial charge in [0.25, 0.3) is 0 Å². The van der Waals surface area contributed by atoms with E-state index in [9.17, 15) is 0 Å². The molecule has 4 aliphatic rings. The second kappa shape index (κ2) is 5.32. The Morgan fingerprint density at radius 3 is 2.33 bits per heavy atom. The van der Waals surface area contributed by atoms with Gasteiger partial charge in [-0.05, 0) is 92.4 Å².